The van der Waals surface area contributed by atoms with E-state index in [-0.39, 0.29) is 42.4 Å². The van der Waals surface area contributed by atoms with Crippen molar-refractivity contribution in [1.29, 1.82) is 0 Å². The molecule has 254 valence electrons. The van der Waals surface area contributed by atoms with Crippen molar-refractivity contribution >= 4 is 38.6 Å². The highest BCUT2D eigenvalue weighted by atomic mass is 32.2. The number of carbonyl (C=O) groups is 3. The Morgan fingerprint density at radius 3 is 2.17 bits per heavy atom. The lowest BCUT2D eigenvalue weighted by molar-refractivity contribution is -0.129. The van der Waals surface area contributed by atoms with E-state index >= 15 is 0 Å². The third-order valence-corrected chi connectivity index (χ3v) is 9.82. The number of nitrogens with one attached hydrogen (secondary N) is 3. The van der Waals surface area contributed by atoms with E-state index in [1.807, 2.05) is 56.3 Å². The van der Waals surface area contributed by atoms with E-state index < -0.39 is 45.9 Å². The summed E-state index contributed by atoms with van der Waals surface area (Å²) in [6.45, 7) is 3.83. The Kier molecular flexibility index (Phi) is 12.8. The molecule has 4 N–H and O–H groups in total. The number of aromatic nitrogens is 1. The van der Waals surface area contributed by atoms with Crippen molar-refractivity contribution in [3.8, 4) is 0 Å². The van der Waals surface area contributed by atoms with Gasteiger partial charge in [-0.1, -0.05) is 86.6 Å². The maximum absolute atomic E-state index is 13.8. The number of hydrogen-bond donors (Lipinski definition) is 4. The summed E-state index contributed by atoms with van der Waals surface area (Å²) in [6, 6.07) is 25.4. The monoisotopic (exact) mass is 673 g/mol. The first-order valence-corrected chi connectivity index (χ1v) is 17.4. The molecule has 0 spiro atoms. The predicted molar refractivity (Wildman–Crippen MR) is 184 cm³/mol. The molecule has 4 rings (SSSR count). The highest BCUT2D eigenvalue weighted by Gasteiger charge is 2.33. The number of fused-ring (bicyclic) bond motifs is 1. The lowest BCUT2D eigenvalue weighted by Crippen LogP contribution is -2.56. The van der Waals surface area contributed by atoms with Crippen molar-refractivity contribution in [3.05, 3.63) is 108 Å². The molecule has 0 saturated carbocycles. The number of benzene rings is 3. The largest absolute Gasteiger partial charge is 0.390 e. The van der Waals surface area contributed by atoms with Gasteiger partial charge in [0.2, 0.25) is 21.8 Å². The quantitative estimate of drug-likeness (QED) is 0.142. The van der Waals surface area contributed by atoms with Crippen LogP contribution in [0.15, 0.2) is 102 Å². The van der Waals surface area contributed by atoms with Gasteiger partial charge in [0.1, 0.15) is 11.7 Å². The van der Waals surface area contributed by atoms with Crippen molar-refractivity contribution < 1.29 is 27.9 Å². The van der Waals surface area contributed by atoms with Crippen LogP contribution in [-0.2, 0) is 26.0 Å². The molecular formula is C36H43N5O6S. The SMILES string of the molecule is CNC(=O)C[C@H](NC(=O)c1ccc2ccccc2n1)C(=O)N[C@@H](Cc1ccccc1)C(O)CN(CCC(C)C)S(=O)(=O)c1ccccc1. The zero-order chi connectivity index (χ0) is 34.7. The number of para-hydroxylation sites is 1. The average molecular weight is 674 g/mol. The summed E-state index contributed by atoms with van der Waals surface area (Å²) in [5.41, 5.74) is 1.45. The van der Waals surface area contributed by atoms with Crippen LogP contribution in [0, 0.1) is 5.92 Å². The number of rotatable bonds is 16. The number of amides is 3. The van der Waals surface area contributed by atoms with Gasteiger partial charge >= 0.3 is 0 Å². The normalized spacial score (nSPS) is 13.5. The second-order valence-electron chi connectivity index (χ2n) is 12.0. The van der Waals surface area contributed by atoms with Crippen molar-refractivity contribution in [2.45, 2.75) is 56.2 Å². The molecule has 3 atom stereocenters. The third kappa shape index (κ3) is 9.93. The van der Waals surface area contributed by atoms with Gasteiger partial charge in [0.15, 0.2) is 0 Å². The number of aliphatic hydroxyl groups excluding tert-OH is 1. The topological polar surface area (TPSA) is 158 Å². The molecule has 11 nitrogen and oxygen atoms in total. The van der Waals surface area contributed by atoms with E-state index in [4.69, 9.17) is 0 Å². The van der Waals surface area contributed by atoms with Crippen LogP contribution in [0.2, 0.25) is 0 Å². The van der Waals surface area contributed by atoms with Gasteiger partial charge < -0.3 is 21.1 Å². The summed E-state index contributed by atoms with van der Waals surface area (Å²) in [7, 11) is -2.56. The third-order valence-electron chi connectivity index (χ3n) is 7.94. The molecule has 0 saturated heterocycles. The molecule has 0 aliphatic heterocycles. The molecule has 0 aliphatic rings. The highest BCUT2D eigenvalue weighted by Crippen LogP contribution is 2.19. The molecule has 0 fully saturated rings. The zero-order valence-electron chi connectivity index (χ0n) is 27.4. The molecule has 1 aromatic heterocycles. The second-order valence-corrected chi connectivity index (χ2v) is 14.0. The van der Waals surface area contributed by atoms with Gasteiger partial charge in [0.05, 0.1) is 29.0 Å². The second kappa shape index (κ2) is 17.0. The van der Waals surface area contributed by atoms with E-state index in [2.05, 4.69) is 20.9 Å². The summed E-state index contributed by atoms with van der Waals surface area (Å²) in [5.74, 6) is -1.66. The van der Waals surface area contributed by atoms with Crippen LogP contribution in [-0.4, -0.2) is 78.9 Å². The Balaban J connectivity index is 1.60. The standard InChI is InChI=1S/C36H43N5O6S/c1-25(2)20-21-41(48(46,47)28-15-8-5-9-16-28)24-33(42)31(22-26-12-6-4-7-13-26)39-36(45)32(23-34(43)37-3)40-35(44)30-19-18-27-14-10-11-17-29(27)38-30/h4-19,25,31-33,42H,20-24H2,1-3H3,(H,37,43)(H,39,45)(H,40,44)/t31-,32-,33?/m0/s1. The van der Waals surface area contributed by atoms with E-state index in [1.54, 1.807) is 36.4 Å². The summed E-state index contributed by atoms with van der Waals surface area (Å²) >= 11 is 0. The number of sulfonamides is 1. The van der Waals surface area contributed by atoms with Gasteiger partial charge in [-0.2, -0.15) is 4.31 Å². The van der Waals surface area contributed by atoms with Crippen molar-refractivity contribution in [3.63, 3.8) is 0 Å². The van der Waals surface area contributed by atoms with Crippen molar-refractivity contribution in [2.75, 3.05) is 20.1 Å². The van der Waals surface area contributed by atoms with Crippen LogP contribution >= 0.6 is 0 Å². The molecule has 48 heavy (non-hydrogen) atoms. The van der Waals surface area contributed by atoms with Crippen LogP contribution in [0.1, 0.15) is 42.7 Å². The van der Waals surface area contributed by atoms with E-state index in [9.17, 15) is 27.9 Å². The molecule has 3 amide bonds. The first-order valence-electron chi connectivity index (χ1n) is 15.9. The molecule has 0 bridgehead atoms. The molecule has 1 unspecified atom stereocenters. The summed E-state index contributed by atoms with van der Waals surface area (Å²) < 4.78 is 28.7. The molecule has 0 radical (unpaired) electrons. The maximum Gasteiger partial charge on any atom is 0.270 e. The summed E-state index contributed by atoms with van der Waals surface area (Å²) in [4.78, 5) is 44.1. The zero-order valence-corrected chi connectivity index (χ0v) is 28.2. The molecule has 12 heteroatoms. The fourth-order valence-electron chi connectivity index (χ4n) is 5.15. The molecule has 0 aliphatic carbocycles. The predicted octanol–water partition coefficient (Wildman–Crippen LogP) is 3.29. The van der Waals surface area contributed by atoms with Crippen LogP contribution in [0.3, 0.4) is 0 Å². The van der Waals surface area contributed by atoms with Gasteiger partial charge in [0.25, 0.3) is 5.91 Å². The molecule has 4 aromatic rings. The lowest BCUT2D eigenvalue weighted by Gasteiger charge is -2.31. The van der Waals surface area contributed by atoms with Gasteiger partial charge in [-0.15, -0.1) is 0 Å². The minimum absolute atomic E-state index is 0.0659. The Hall–Kier alpha value is -4.65. The first kappa shape index (κ1) is 36.2. The van der Waals surface area contributed by atoms with Crippen molar-refractivity contribution in [1.82, 2.24) is 25.2 Å². The van der Waals surface area contributed by atoms with Crippen molar-refractivity contribution in [2.24, 2.45) is 5.92 Å². The van der Waals surface area contributed by atoms with Gasteiger partial charge in [-0.25, -0.2) is 13.4 Å². The molecule has 3 aromatic carbocycles. The van der Waals surface area contributed by atoms with E-state index in [0.29, 0.717) is 11.9 Å². The smallest absolute Gasteiger partial charge is 0.270 e. The fourth-order valence-corrected chi connectivity index (χ4v) is 6.64. The Morgan fingerprint density at radius 1 is 0.854 bits per heavy atom. The summed E-state index contributed by atoms with van der Waals surface area (Å²) in [5, 5.41) is 20.4. The number of nitrogens with zero attached hydrogens (tertiary/aromatic N) is 2. The molecule has 1 heterocycles. The Labute approximate surface area is 281 Å². The average Bonchev–Trinajstić information content (AvgIpc) is 3.09. The maximum atomic E-state index is 13.8. The number of carbonyl (C=O) groups excluding carboxylic acids is 3. The van der Waals surface area contributed by atoms with Crippen LogP contribution in [0.5, 0.6) is 0 Å². The first-order chi connectivity index (χ1) is 23.0. The van der Waals surface area contributed by atoms with Gasteiger partial charge in [-0.05, 0) is 48.6 Å². The lowest BCUT2D eigenvalue weighted by atomic mass is 10.00. The van der Waals surface area contributed by atoms with Crippen LogP contribution in [0.25, 0.3) is 10.9 Å². The fraction of sp³-hybridized carbons (Fsp3) is 0.333. The summed E-state index contributed by atoms with van der Waals surface area (Å²) in [6.07, 6.45) is -1.02. The number of hydrogen-bond acceptors (Lipinski definition) is 7. The highest BCUT2D eigenvalue weighted by molar-refractivity contribution is 7.89. The molecular weight excluding hydrogens is 630 g/mol. The van der Waals surface area contributed by atoms with Crippen LogP contribution < -0.4 is 16.0 Å². The minimum Gasteiger partial charge on any atom is -0.390 e. The van der Waals surface area contributed by atoms with Gasteiger partial charge in [0, 0.05) is 25.5 Å². The van der Waals surface area contributed by atoms with Crippen LogP contribution in [0.4, 0.5) is 0 Å². The Morgan fingerprint density at radius 2 is 1.50 bits per heavy atom. The Bertz CT molecular complexity index is 1790. The number of aliphatic hydroxyl groups is 1. The van der Waals surface area contributed by atoms with Gasteiger partial charge in [-0.3, -0.25) is 14.4 Å². The minimum atomic E-state index is -3.98. The van der Waals surface area contributed by atoms with E-state index in [1.165, 1.54) is 29.6 Å². The van der Waals surface area contributed by atoms with E-state index in [0.717, 1.165) is 10.9 Å². The number of pyridine rings is 1.